The van der Waals surface area contributed by atoms with E-state index in [1.807, 2.05) is 0 Å². The van der Waals surface area contributed by atoms with E-state index in [0.717, 1.165) is 13.1 Å². The van der Waals surface area contributed by atoms with Crippen LogP contribution in [0.3, 0.4) is 0 Å². The molecule has 0 bridgehead atoms. The molecule has 2 nitrogen and oxygen atoms in total. The lowest BCUT2D eigenvalue weighted by Crippen LogP contribution is -2.13. The molecule has 1 aliphatic rings. The molecule has 0 atom stereocenters. The largest absolute Gasteiger partial charge is 0.363 e. The predicted molar refractivity (Wildman–Crippen MR) is 50.0 cm³/mol. The van der Waals surface area contributed by atoms with Crippen molar-refractivity contribution in [1.29, 1.82) is 0 Å². The molecule has 0 unspecified atom stereocenters. The Hall–Kier alpha value is -0.760. The summed E-state index contributed by atoms with van der Waals surface area (Å²) in [6.45, 7) is 8.81. The minimum atomic E-state index is 0.274. The van der Waals surface area contributed by atoms with Crippen molar-refractivity contribution in [3.63, 3.8) is 0 Å². The van der Waals surface area contributed by atoms with E-state index in [2.05, 4.69) is 37.3 Å². The topological polar surface area (TPSA) is 27.8 Å². The van der Waals surface area contributed by atoms with Gasteiger partial charge >= 0.3 is 0 Å². The lowest BCUT2D eigenvalue weighted by atomic mass is 9.86. The van der Waals surface area contributed by atoms with Crippen molar-refractivity contribution < 1.29 is 0 Å². The van der Waals surface area contributed by atoms with E-state index in [1.165, 1.54) is 16.8 Å². The summed E-state index contributed by atoms with van der Waals surface area (Å²) in [4.78, 5) is 3.33. The van der Waals surface area contributed by atoms with Crippen LogP contribution in [0.25, 0.3) is 0 Å². The Morgan fingerprint density at radius 1 is 1.25 bits per heavy atom. The summed E-state index contributed by atoms with van der Waals surface area (Å²) in [5, 5.41) is 3.35. The molecule has 0 aromatic carbocycles. The second kappa shape index (κ2) is 2.36. The molecule has 0 spiro atoms. The van der Waals surface area contributed by atoms with Crippen LogP contribution in [-0.4, -0.2) is 4.98 Å². The molecule has 0 saturated heterocycles. The van der Waals surface area contributed by atoms with Crippen LogP contribution in [0, 0.1) is 0 Å². The predicted octanol–water partition coefficient (Wildman–Crippen LogP) is 1.92. The third-order valence-electron chi connectivity index (χ3n) is 2.49. The lowest BCUT2D eigenvalue weighted by Gasteiger charge is -2.18. The van der Waals surface area contributed by atoms with Gasteiger partial charge < -0.3 is 10.3 Å². The Bertz CT molecular complexity index is 291. The highest BCUT2D eigenvalue weighted by Gasteiger charge is 2.23. The second-order valence-electron chi connectivity index (χ2n) is 4.51. The summed E-state index contributed by atoms with van der Waals surface area (Å²) < 4.78 is 0. The third kappa shape index (κ3) is 1.07. The first-order chi connectivity index (χ1) is 5.59. The van der Waals surface area contributed by atoms with E-state index in [1.54, 1.807) is 0 Å². The summed E-state index contributed by atoms with van der Waals surface area (Å²) >= 11 is 0. The third-order valence-corrected chi connectivity index (χ3v) is 2.49. The van der Waals surface area contributed by atoms with E-state index in [9.17, 15) is 0 Å². The van der Waals surface area contributed by atoms with Gasteiger partial charge in [0.15, 0.2) is 0 Å². The van der Waals surface area contributed by atoms with Crippen LogP contribution in [0.1, 0.15) is 37.6 Å². The Kier molecular flexibility index (Phi) is 1.55. The van der Waals surface area contributed by atoms with E-state index in [4.69, 9.17) is 0 Å². The van der Waals surface area contributed by atoms with Crippen molar-refractivity contribution in [1.82, 2.24) is 10.3 Å². The Morgan fingerprint density at radius 3 is 2.67 bits per heavy atom. The van der Waals surface area contributed by atoms with Crippen molar-refractivity contribution in [3.8, 4) is 0 Å². The molecular weight excluding hydrogens is 148 g/mol. The fourth-order valence-electron chi connectivity index (χ4n) is 1.84. The highest BCUT2D eigenvalue weighted by atomic mass is 14.9. The van der Waals surface area contributed by atoms with Crippen molar-refractivity contribution in [3.05, 3.63) is 23.0 Å². The fourth-order valence-corrected chi connectivity index (χ4v) is 1.84. The highest BCUT2D eigenvalue weighted by molar-refractivity contribution is 5.37. The first-order valence-electron chi connectivity index (χ1n) is 4.49. The van der Waals surface area contributed by atoms with Crippen molar-refractivity contribution in [2.75, 3.05) is 0 Å². The summed E-state index contributed by atoms with van der Waals surface area (Å²) in [6, 6.07) is 0. The maximum atomic E-state index is 3.35. The van der Waals surface area contributed by atoms with Gasteiger partial charge in [0.25, 0.3) is 0 Å². The highest BCUT2D eigenvalue weighted by Crippen LogP contribution is 2.29. The normalized spacial score (nSPS) is 16.6. The fraction of sp³-hybridized carbons (Fsp3) is 0.600. The van der Waals surface area contributed by atoms with E-state index in [0.29, 0.717) is 0 Å². The van der Waals surface area contributed by atoms with Crippen LogP contribution >= 0.6 is 0 Å². The minimum Gasteiger partial charge on any atom is -0.363 e. The van der Waals surface area contributed by atoms with Gasteiger partial charge in [-0.05, 0) is 16.5 Å². The van der Waals surface area contributed by atoms with Gasteiger partial charge in [-0.3, -0.25) is 0 Å². The quantitative estimate of drug-likeness (QED) is 0.602. The molecule has 12 heavy (non-hydrogen) atoms. The number of rotatable bonds is 0. The number of fused-ring (bicyclic) bond motifs is 1. The molecule has 2 heterocycles. The zero-order valence-corrected chi connectivity index (χ0v) is 7.99. The summed E-state index contributed by atoms with van der Waals surface area (Å²) in [5.74, 6) is 0. The SMILES string of the molecule is CC(C)(C)c1c[nH]c2c1CNC2. The molecule has 2 N–H and O–H groups in total. The maximum Gasteiger partial charge on any atom is 0.0363 e. The van der Waals surface area contributed by atoms with Crippen molar-refractivity contribution in [2.45, 2.75) is 39.3 Å². The van der Waals surface area contributed by atoms with Gasteiger partial charge in [-0.25, -0.2) is 0 Å². The molecule has 1 aromatic heterocycles. The van der Waals surface area contributed by atoms with Crippen LogP contribution in [0.5, 0.6) is 0 Å². The van der Waals surface area contributed by atoms with E-state index < -0.39 is 0 Å². The average Bonchev–Trinajstić information content (AvgIpc) is 2.37. The number of hydrogen-bond acceptors (Lipinski definition) is 1. The monoisotopic (exact) mass is 164 g/mol. The number of aromatic nitrogens is 1. The maximum absolute atomic E-state index is 3.35. The van der Waals surface area contributed by atoms with Crippen molar-refractivity contribution >= 4 is 0 Å². The number of aromatic amines is 1. The molecular formula is C10H16N2. The number of nitrogens with one attached hydrogen (secondary N) is 2. The molecule has 1 aromatic rings. The molecule has 2 rings (SSSR count). The minimum absolute atomic E-state index is 0.274. The van der Waals surface area contributed by atoms with Crippen LogP contribution in [0.4, 0.5) is 0 Å². The second-order valence-corrected chi connectivity index (χ2v) is 4.51. The van der Waals surface area contributed by atoms with Gasteiger partial charge in [0, 0.05) is 25.0 Å². The summed E-state index contributed by atoms with van der Waals surface area (Å²) in [7, 11) is 0. The molecule has 66 valence electrons. The van der Waals surface area contributed by atoms with Gasteiger partial charge in [0.1, 0.15) is 0 Å². The van der Waals surface area contributed by atoms with Crippen LogP contribution in [0.15, 0.2) is 6.20 Å². The molecule has 2 heteroatoms. The average molecular weight is 164 g/mol. The van der Waals surface area contributed by atoms with Crippen LogP contribution in [0.2, 0.25) is 0 Å². The van der Waals surface area contributed by atoms with Gasteiger partial charge in [0.05, 0.1) is 0 Å². The number of H-pyrrole nitrogens is 1. The van der Waals surface area contributed by atoms with Gasteiger partial charge in [-0.2, -0.15) is 0 Å². The molecule has 0 radical (unpaired) electrons. The zero-order chi connectivity index (χ0) is 8.77. The first-order valence-corrected chi connectivity index (χ1v) is 4.49. The Labute approximate surface area is 73.4 Å². The lowest BCUT2D eigenvalue weighted by molar-refractivity contribution is 0.582. The molecule has 1 aliphatic heterocycles. The number of hydrogen-bond donors (Lipinski definition) is 2. The molecule has 0 saturated carbocycles. The van der Waals surface area contributed by atoms with Gasteiger partial charge in [-0.1, -0.05) is 20.8 Å². The van der Waals surface area contributed by atoms with Crippen LogP contribution in [-0.2, 0) is 18.5 Å². The zero-order valence-electron chi connectivity index (χ0n) is 7.99. The van der Waals surface area contributed by atoms with Gasteiger partial charge in [-0.15, -0.1) is 0 Å². The van der Waals surface area contributed by atoms with Crippen LogP contribution < -0.4 is 5.32 Å². The molecule has 0 amide bonds. The van der Waals surface area contributed by atoms with Gasteiger partial charge in [0.2, 0.25) is 0 Å². The Balaban J connectivity index is 2.46. The Morgan fingerprint density at radius 2 is 2.00 bits per heavy atom. The standard InChI is InChI=1S/C10H16N2/c1-10(2,3)8-5-12-9-6-11-4-7(8)9/h5,11-12H,4,6H2,1-3H3. The summed E-state index contributed by atoms with van der Waals surface area (Å²) in [6.07, 6.45) is 2.16. The molecule has 0 fully saturated rings. The van der Waals surface area contributed by atoms with Crippen molar-refractivity contribution in [2.24, 2.45) is 0 Å². The first kappa shape index (κ1) is 7.87. The summed E-state index contributed by atoms with van der Waals surface area (Å²) in [5.41, 5.74) is 4.60. The smallest absolute Gasteiger partial charge is 0.0363 e. The van der Waals surface area contributed by atoms with E-state index >= 15 is 0 Å². The van der Waals surface area contributed by atoms with E-state index in [-0.39, 0.29) is 5.41 Å². The molecule has 0 aliphatic carbocycles.